The lowest BCUT2D eigenvalue weighted by Crippen LogP contribution is -2.18. The maximum Gasteiger partial charge on any atom is 0.129 e. The molecule has 2 aromatic carbocycles. The molecule has 16 heavy (non-hydrogen) atoms. The van der Waals surface area contributed by atoms with Crippen LogP contribution >= 0.6 is 0 Å². The number of rotatable bonds is 2. The van der Waals surface area contributed by atoms with Gasteiger partial charge in [0.1, 0.15) is 6.29 Å². The molecule has 0 unspecified atom stereocenters. The third kappa shape index (κ3) is 1.73. The van der Waals surface area contributed by atoms with E-state index in [1.165, 1.54) is 16.3 Å². The molecule has 0 aliphatic heterocycles. The second kappa shape index (κ2) is 3.75. The van der Waals surface area contributed by atoms with Crippen LogP contribution in [0.4, 0.5) is 0 Å². The Morgan fingerprint density at radius 2 is 1.88 bits per heavy atom. The van der Waals surface area contributed by atoms with E-state index in [0.717, 1.165) is 11.8 Å². The molecule has 0 aliphatic carbocycles. The van der Waals surface area contributed by atoms with Crippen molar-refractivity contribution in [1.29, 1.82) is 0 Å². The minimum Gasteiger partial charge on any atom is -0.302 e. The lowest BCUT2D eigenvalue weighted by Gasteiger charge is -2.19. The largest absolute Gasteiger partial charge is 0.302 e. The normalized spacial score (nSPS) is 11.7. The third-order valence-electron chi connectivity index (χ3n) is 3.02. The highest BCUT2D eigenvalue weighted by Crippen LogP contribution is 2.29. The lowest BCUT2D eigenvalue weighted by atomic mass is 9.83. The number of aldehydes is 1. The van der Waals surface area contributed by atoms with Crippen LogP contribution in [0.25, 0.3) is 10.8 Å². The first-order valence-electron chi connectivity index (χ1n) is 5.51. The fourth-order valence-electron chi connectivity index (χ4n) is 2.03. The van der Waals surface area contributed by atoms with Gasteiger partial charge in [0.05, 0.1) is 0 Å². The highest BCUT2D eigenvalue weighted by Gasteiger charge is 2.21. The van der Waals surface area contributed by atoms with Crippen LogP contribution in [0.15, 0.2) is 36.4 Å². The SMILES string of the molecule is Cc1ccc2c(C(C)(C)C=O)cccc2c1. The Labute approximate surface area is 96.1 Å². The van der Waals surface area contributed by atoms with Crippen LogP contribution in [0.2, 0.25) is 0 Å². The smallest absolute Gasteiger partial charge is 0.129 e. The number of hydrogen-bond acceptors (Lipinski definition) is 1. The summed E-state index contributed by atoms with van der Waals surface area (Å²) in [6, 6.07) is 12.5. The Kier molecular flexibility index (Phi) is 2.55. The van der Waals surface area contributed by atoms with Gasteiger partial charge in [-0.15, -0.1) is 0 Å². The molecule has 0 spiro atoms. The second-order valence-corrected chi connectivity index (χ2v) is 4.87. The summed E-state index contributed by atoms with van der Waals surface area (Å²) in [7, 11) is 0. The average molecular weight is 212 g/mol. The number of aryl methyl sites for hydroxylation is 1. The summed E-state index contributed by atoms with van der Waals surface area (Å²) in [5.41, 5.74) is 1.92. The molecule has 0 amide bonds. The monoisotopic (exact) mass is 212 g/mol. The third-order valence-corrected chi connectivity index (χ3v) is 3.02. The van der Waals surface area contributed by atoms with Crippen molar-refractivity contribution in [3.63, 3.8) is 0 Å². The fraction of sp³-hybridized carbons (Fsp3) is 0.267. The van der Waals surface area contributed by atoms with Gasteiger partial charge in [0, 0.05) is 5.41 Å². The van der Waals surface area contributed by atoms with Crippen molar-refractivity contribution in [3.05, 3.63) is 47.5 Å². The fourth-order valence-corrected chi connectivity index (χ4v) is 2.03. The van der Waals surface area contributed by atoms with Crippen molar-refractivity contribution in [2.45, 2.75) is 26.2 Å². The van der Waals surface area contributed by atoms with Gasteiger partial charge < -0.3 is 4.79 Å². The summed E-state index contributed by atoms with van der Waals surface area (Å²) in [4.78, 5) is 11.1. The van der Waals surface area contributed by atoms with Crippen LogP contribution < -0.4 is 0 Å². The zero-order chi connectivity index (χ0) is 11.8. The average Bonchev–Trinajstić information content (AvgIpc) is 2.27. The van der Waals surface area contributed by atoms with Crippen molar-refractivity contribution < 1.29 is 4.79 Å². The zero-order valence-corrected chi connectivity index (χ0v) is 9.95. The van der Waals surface area contributed by atoms with Crippen molar-refractivity contribution in [2.75, 3.05) is 0 Å². The van der Waals surface area contributed by atoms with E-state index in [1.807, 2.05) is 26.0 Å². The summed E-state index contributed by atoms with van der Waals surface area (Å²) in [5, 5.41) is 2.37. The maximum atomic E-state index is 11.1. The first-order chi connectivity index (χ1) is 7.54. The van der Waals surface area contributed by atoms with Crippen LogP contribution in [0, 0.1) is 6.92 Å². The minimum absolute atomic E-state index is 0.422. The maximum absolute atomic E-state index is 11.1. The highest BCUT2D eigenvalue weighted by molar-refractivity contribution is 5.90. The van der Waals surface area contributed by atoms with Crippen molar-refractivity contribution in [1.82, 2.24) is 0 Å². The Hall–Kier alpha value is -1.63. The Balaban J connectivity index is 2.76. The summed E-state index contributed by atoms with van der Waals surface area (Å²) in [6.07, 6.45) is 1.02. The van der Waals surface area contributed by atoms with Crippen LogP contribution in [0.3, 0.4) is 0 Å². The quantitative estimate of drug-likeness (QED) is 0.695. The van der Waals surface area contributed by atoms with Gasteiger partial charge in [-0.25, -0.2) is 0 Å². The Morgan fingerprint density at radius 3 is 2.56 bits per heavy atom. The van der Waals surface area contributed by atoms with Crippen LogP contribution in [0.5, 0.6) is 0 Å². The van der Waals surface area contributed by atoms with Gasteiger partial charge in [0.15, 0.2) is 0 Å². The molecule has 0 aromatic heterocycles. The molecular weight excluding hydrogens is 196 g/mol. The molecule has 1 nitrogen and oxygen atoms in total. The van der Waals surface area contributed by atoms with E-state index < -0.39 is 5.41 Å². The van der Waals surface area contributed by atoms with Gasteiger partial charge in [-0.2, -0.15) is 0 Å². The molecule has 0 atom stereocenters. The predicted molar refractivity (Wildman–Crippen MR) is 67.8 cm³/mol. The molecule has 0 heterocycles. The van der Waals surface area contributed by atoms with E-state index in [9.17, 15) is 4.79 Å². The summed E-state index contributed by atoms with van der Waals surface area (Å²) >= 11 is 0. The second-order valence-electron chi connectivity index (χ2n) is 4.87. The van der Waals surface area contributed by atoms with Crippen molar-refractivity contribution in [2.24, 2.45) is 0 Å². The Bertz CT molecular complexity index is 538. The standard InChI is InChI=1S/C15H16O/c1-11-7-8-13-12(9-11)5-4-6-14(13)15(2,3)10-16/h4-10H,1-3H3. The summed E-state index contributed by atoms with van der Waals surface area (Å²) < 4.78 is 0. The number of hydrogen-bond donors (Lipinski definition) is 0. The molecule has 0 aliphatic rings. The van der Waals surface area contributed by atoms with Gasteiger partial charge >= 0.3 is 0 Å². The molecule has 1 heteroatoms. The predicted octanol–water partition coefficient (Wildman–Crippen LogP) is 3.62. The first kappa shape index (κ1) is 10.9. The van der Waals surface area contributed by atoms with Crippen LogP contribution in [-0.2, 0) is 10.2 Å². The van der Waals surface area contributed by atoms with E-state index in [1.54, 1.807) is 0 Å². The minimum atomic E-state index is -0.422. The van der Waals surface area contributed by atoms with E-state index >= 15 is 0 Å². The van der Waals surface area contributed by atoms with Gasteiger partial charge in [-0.05, 0) is 37.1 Å². The zero-order valence-electron chi connectivity index (χ0n) is 9.95. The highest BCUT2D eigenvalue weighted by atomic mass is 16.1. The van der Waals surface area contributed by atoms with Gasteiger partial charge in [0.2, 0.25) is 0 Å². The van der Waals surface area contributed by atoms with E-state index in [0.29, 0.717) is 0 Å². The molecule has 2 rings (SSSR count). The molecule has 0 fully saturated rings. The molecule has 0 saturated carbocycles. The van der Waals surface area contributed by atoms with Gasteiger partial charge in [-0.1, -0.05) is 42.0 Å². The van der Waals surface area contributed by atoms with Crippen LogP contribution in [-0.4, -0.2) is 6.29 Å². The number of fused-ring (bicyclic) bond motifs is 1. The van der Waals surface area contributed by atoms with E-state index in [4.69, 9.17) is 0 Å². The number of carbonyl (C=O) groups excluding carboxylic acids is 1. The molecule has 0 saturated heterocycles. The number of benzene rings is 2. The van der Waals surface area contributed by atoms with Crippen LogP contribution in [0.1, 0.15) is 25.0 Å². The van der Waals surface area contributed by atoms with E-state index in [2.05, 4.69) is 31.2 Å². The van der Waals surface area contributed by atoms with E-state index in [-0.39, 0.29) is 0 Å². The lowest BCUT2D eigenvalue weighted by molar-refractivity contribution is -0.111. The molecule has 0 radical (unpaired) electrons. The summed E-state index contributed by atoms with van der Waals surface area (Å²) in [5.74, 6) is 0. The molecule has 0 N–H and O–H groups in total. The molecule has 82 valence electrons. The molecular formula is C15H16O. The molecule has 0 bridgehead atoms. The number of carbonyl (C=O) groups is 1. The van der Waals surface area contributed by atoms with Crippen molar-refractivity contribution in [3.8, 4) is 0 Å². The molecule has 2 aromatic rings. The summed E-state index contributed by atoms with van der Waals surface area (Å²) in [6.45, 7) is 5.99. The first-order valence-corrected chi connectivity index (χ1v) is 5.51. The van der Waals surface area contributed by atoms with Crippen molar-refractivity contribution >= 4 is 17.1 Å². The Morgan fingerprint density at radius 1 is 1.12 bits per heavy atom. The van der Waals surface area contributed by atoms with Gasteiger partial charge in [-0.3, -0.25) is 0 Å². The van der Waals surface area contributed by atoms with Gasteiger partial charge in [0.25, 0.3) is 0 Å². The topological polar surface area (TPSA) is 17.1 Å².